The van der Waals surface area contributed by atoms with Crippen molar-refractivity contribution >= 4 is 0 Å². The molecule has 0 aliphatic heterocycles. The molecule has 0 amide bonds. The Morgan fingerprint density at radius 1 is 1.60 bits per heavy atom. The maximum Gasteiger partial charge on any atom is 0.0516 e. The number of nitrogens with two attached hydrogens (primary N) is 1. The van der Waals surface area contributed by atoms with Crippen molar-refractivity contribution in [3.05, 3.63) is 18.0 Å². The first kappa shape index (κ1) is 9.17. The number of hydrogen-bond donors (Lipinski definition) is 1. The predicted octanol–water partition coefficient (Wildman–Crippen LogP) is 0.905. The molecule has 3 nitrogen and oxygen atoms in total. The van der Waals surface area contributed by atoms with E-state index in [2.05, 4.69) is 5.10 Å². The van der Waals surface area contributed by atoms with Gasteiger partial charge in [-0.2, -0.15) is 5.10 Å². The van der Waals surface area contributed by atoms with Gasteiger partial charge in [0.15, 0.2) is 0 Å². The van der Waals surface area contributed by atoms with E-state index < -0.39 is 0 Å². The maximum absolute atomic E-state index is 5.33. The highest BCUT2D eigenvalue weighted by Gasteiger charge is 1.90. The summed E-state index contributed by atoms with van der Waals surface area (Å²) in [5.41, 5.74) is 6.39. The quantitative estimate of drug-likeness (QED) is 0.631. The lowest BCUT2D eigenvalue weighted by molar-refractivity contribution is 0.712. The minimum absolute atomic E-state index is 0.566. The van der Waals surface area contributed by atoms with Crippen molar-refractivity contribution in [1.82, 2.24) is 9.78 Å². The molecule has 1 rings (SSSR count). The monoisotopic (exact) mass is 141 g/mol. The van der Waals surface area contributed by atoms with Crippen molar-refractivity contribution in [1.29, 1.82) is 0 Å². The average Bonchev–Trinajstić information content (AvgIpc) is 2.39. The molecule has 3 heteroatoms. The Bertz CT molecular complexity index is 169. The molecule has 2 N–H and O–H groups in total. The van der Waals surface area contributed by atoms with Gasteiger partial charge in [0.25, 0.3) is 0 Å². The molecule has 1 aromatic rings. The third-order valence-corrected chi connectivity index (χ3v) is 1.13. The van der Waals surface area contributed by atoms with Gasteiger partial charge >= 0.3 is 0 Å². The van der Waals surface area contributed by atoms with E-state index in [1.807, 2.05) is 27.0 Å². The van der Waals surface area contributed by atoms with Crippen LogP contribution in [0.5, 0.6) is 0 Å². The second-order valence-electron chi connectivity index (χ2n) is 1.65. The van der Waals surface area contributed by atoms with Crippen molar-refractivity contribution in [3.63, 3.8) is 0 Å². The Hall–Kier alpha value is -0.830. The number of rotatable bonds is 1. The first-order valence-corrected chi connectivity index (χ1v) is 3.51. The van der Waals surface area contributed by atoms with Gasteiger partial charge in [0.1, 0.15) is 0 Å². The molecule has 58 valence electrons. The average molecular weight is 141 g/mol. The summed E-state index contributed by atoms with van der Waals surface area (Å²) in [4.78, 5) is 0. The summed E-state index contributed by atoms with van der Waals surface area (Å²) in [7, 11) is 1.88. The number of hydrogen-bond acceptors (Lipinski definition) is 2. The van der Waals surface area contributed by atoms with E-state index in [1.165, 1.54) is 0 Å². The maximum atomic E-state index is 5.33. The summed E-state index contributed by atoms with van der Waals surface area (Å²) in [6.45, 7) is 4.57. The van der Waals surface area contributed by atoms with Gasteiger partial charge in [-0.3, -0.25) is 4.68 Å². The van der Waals surface area contributed by atoms with E-state index in [9.17, 15) is 0 Å². The van der Waals surface area contributed by atoms with Crippen molar-refractivity contribution in [2.75, 3.05) is 0 Å². The van der Waals surface area contributed by atoms with E-state index in [1.54, 1.807) is 10.9 Å². The third kappa shape index (κ3) is 2.19. The molecular weight excluding hydrogens is 126 g/mol. The van der Waals surface area contributed by atoms with Crippen molar-refractivity contribution < 1.29 is 0 Å². The third-order valence-electron chi connectivity index (χ3n) is 1.13. The topological polar surface area (TPSA) is 43.8 Å². The van der Waals surface area contributed by atoms with Crippen molar-refractivity contribution in [2.45, 2.75) is 20.4 Å². The summed E-state index contributed by atoms with van der Waals surface area (Å²) in [5.74, 6) is 0. The Labute approximate surface area is 61.8 Å². The summed E-state index contributed by atoms with van der Waals surface area (Å²) in [6, 6.07) is 1.90. The van der Waals surface area contributed by atoms with Crippen molar-refractivity contribution in [2.24, 2.45) is 12.8 Å². The summed E-state index contributed by atoms with van der Waals surface area (Å²) >= 11 is 0. The van der Waals surface area contributed by atoms with Crippen LogP contribution in [0, 0.1) is 0 Å². The van der Waals surface area contributed by atoms with E-state index in [4.69, 9.17) is 5.73 Å². The summed E-state index contributed by atoms with van der Waals surface area (Å²) < 4.78 is 1.76. The van der Waals surface area contributed by atoms with Crippen LogP contribution in [0.4, 0.5) is 0 Å². The van der Waals surface area contributed by atoms with Crippen LogP contribution in [-0.4, -0.2) is 9.78 Å². The molecule has 0 spiro atoms. The zero-order chi connectivity index (χ0) is 7.98. The molecule has 0 aliphatic rings. The van der Waals surface area contributed by atoms with Gasteiger partial charge in [0, 0.05) is 19.8 Å². The zero-order valence-electron chi connectivity index (χ0n) is 6.83. The number of nitrogens with zero attached hydrogens (tertiary/aromatic N) is 2. The predicted molar refractivity (Wildman–Crippen MR) is 42.4 cm³/mol. The van der Waals surface area contributed by atoms with Crippen LogP contribution in [0.15, 0.2) is 12.3 Å². The first-order valence-electron chi connectivity index (χ1n) is 3.51. The van der Waals surface area contributed by atoms with Crippen molar-refractivity contribution in [3.8, 4) is 0 Å². The molecule has 0 radical (unpaired) electrons. The van der Waals surface area contributed by atoms with Gasteiger partial charge in [-0.25, -0.2) is 0 Å². The van der Waals surface area contributed by atoms with Gasteiger partial charge in [0.2, 0.25) is 0 Å². The SMILES string of the molecule is CC.Cn1nccc1CN. The molecule has 0 fully saturated rings. The largest absolute Gasteiger partial charge is 0.325 e. The van der Waals surface area contributed by atoms with Crippen LogP contribution in [0.1, 0.15) is 19.5 Å². The molecule has 10 heavy (non-hydrogen) atoms. The molecule has 0 bridgehead atoms. The molecule has 0 unspecified atom stereocenters. The fourth-order valence-corrected chi connectivity index (χ4v) is 0.602. The molecule has 0 saturated heterocycles. The first-order chi connectivity index (χ1) is 4.84. The second kappa shape index (κ2) is 4.99. The van der Waals surface area contributed by atoms with Crippen LogP contribution >= 0.6 is 0 Å². The fraction of sp³-hybridized carbons (Fsp3) is 0.571. The summed E-state index contributed by atoms with van der Waals surface area (Å²) in [6.07, 6.45) is 1.74. The minimum Gasteiger partial charge on any atom is -0.325 e. The highest BCUT2D eigenvalue weighted by molar-refractivity contribution is 4.98. The lowest BCUT2D eigenvalue weighted by Gasteiger charge is -1.92. The fourth-order valence-electron chi connectivity index (χ4n) is 0.602. The molecule has 0 aromatic carbocycles. The molecule has 0 atom stereocenters. The molecular formula is C7H15N3. The molecule has 0 aliphatic carbocycles. The van der Waals surface area contributed by atoms with Gasteiger partial charge < -0.3 is 5.73 Å². The Balaban J connectivity index is 0.000000371. The highest BCUT2D eigenvalue weighted by Crippen LogP contribution is 1.91. The molecule has 0 saturated carbocycles. The van der Waals surface area contributed by atoms with Gasteiger partial charge in [-0.05, 0) is 6.07 Å². The Morgan fingerprint density at radius 2 is 2.20 bits per heavy atom. The van der Waals surface area contributed by atoms with E-state index in [0.29, 0.717) is 6.54 Å². The standard InChI is InChI=1S/C5H9N3.C2H6/c1-8-5(4-6)2-3-7-8;1-2/h2-3H,4,6H2,1H3;1-2H3. The van der Waals surface area contributed by atoms with Gasteiger partial charge in [-0.15, -0.1) is 0 Å². The van der Waals surface area contributed by atoms with Crippen LogP contribution in [0.25, 0.3) is 0 Å². The summed E-state index contributed by atoms with van der Waals surface area (Å²) in [5, 5.41) is 3.92. The smallest absolute Gasteiger partial charge is 0.0516 e. The van der Waals surface area contributed by atoms with E-state index in [0.717, 1.165) is 5.69 Å². The minimum atomic E-state index is 0.566. The normalized spacial score (nSPS) is 8.40. The Kier molecular flexibility index (Phi) is 4.58. The number of aromatic nitrogens is 2. The lowest BCUT2D eigenvalue weighted by Crippen LogP contribution is -2.03. The Morgan fingerprint density at radius 3 is 2.40 bits per heavy atom. The van der Waals surface area contributed by atoms with Crippen LogP contribution in [-0.2, 0) is 13.6 Å². The van der Waals surface area contributed by atoms with Crippen LogP contribution in [0.3, 0.4) is 0 Å². The van der Waals surface area contributed by atoms with E-state index in [-0.39, 0.29) is 0 Å². The zero-order valence-corrected chi connectivity index (χ0v) is 6.83. The van der Waals surface area contributed by atoms with Gasteiger partial charge in [-0.1, -0.05) is 13.8 Å². The van der Waals surface area contributed by atoms with Gasteiger partial charge in [0.05, 0.1) is 5.69 Å². The molecule has 1 heterocycles. The highest BCUT2D eigenvalue weighted by atomic mass is 15.3. The van der Waals surface area contributed by atoms with E-state index >= 15 is 0 Å². The number of aryl methyl sites for hydroxylation is 1. The lowest BCUT2D eigenvalue weighted by atomic mass is 10.4. The van der Waals surface area contributed by atoms with Crippen LogP contribution in [0.2, 0.25) is 0 Å². The van der Waals surface area contributed by atoms with Crippen LogP contribution < -0.4 is 5.73 Å². The molecule has 1 aromatic heterocycles. The second-order valence-corrected chi connectivity index (χ2v) is 1.65.